The Morgan fingerprint density at radius 2 is 1.61 bits per heavy atom. The molecule has 0 unspecified atom stereocenters. The minimum atomic E-state index is -1.04. The molecule has 0 saturated heterocycles. The summed E-state index contributed by atoms with van der Waals surface area (Å²) in [6.07, 6.45) is 0. The van der Waals surface area contributed by atoms with Gasteiger partial charge in [-0.05, 0) is 35.9 Å². The monoisotopic (exact) mass is 673 g/mol. The molecule has 8 nitrogen and oxygen atoms in total. The molecule has 0 spiro atoms. The predicted octanol–water partition coefficient (Wildman–Crippen LogP) is 6.50. The first-order chi connectivity index (χ1) is 14.9. The Kier molecular flexibility index (Phi) is 13.0. The van der Waals surface area contributed by atoms with E-state index < -0.39 is 22.5 Å². The van der Waals surface area contributed by atoms with E-state index in [1.807, 2.05) is 0 Å². The van der Waals surface area contributed by atoms with Crippen LogP contribution in [0.1, 0.15) is 10.4 Å². The molecule has 0 fully saturated rings. The van der Waals surface area contributed by atoms with E-state index in [0.717, 1.165) is 5.34 Å². The third-order valence-corrected chi connectivity index (χ3v) is 4.10. The Morgan fingerprint density at radius 3 is 2.21 bits per heavy atom. The van der Waals surface area contributed by atoms with Crippen molar-refractivity contribution in [1.29, 1.82) is 0 Å². The Labute approximate surface area is 206 Å². The second-order valence-electron chi connectivity index (χ2n) is 5.79. The molecular formula is C22H18Cl2NO7Pt-. The molecule has 1 aliphatic carbocycles. The molecule has 0 radical (unpaired) electrons. The van der Waals surface area contributed by atoms with Gasteiger partial charge in [0, 0.05) is 28.6 Å². The Bertz CT molecular complexity index is 1250. The van der Waals surface area contributed by atoms with Crippen LogP contribution in [0.25, 0.3) is 33.4 Å². The second kappa shape index (κ2) is 14.3. The summed E-state index contributed by atoms with van der Waals surface area (Å²) in [5, 5.41) is 28.9. The van der Waals surface area contributed by atoms with Crippen molar-refractivity contribution >= 4 is 35.8 Å². The van der Waals surface area contributed by atoms with Crippen molar-refractivity contribution in [2.75, 3.05) is 0 Å². The molecule has 33 heavy (non-hydrogen) atoms. The van der Waals surface area contributed by atoms with Gasteiger partial charge >= 0.3 is 41.3 Å². The zero-order valence-electron chi connectivity index (χ0n) is 17.2. The minimum absolute atomic E-state index is 0. The molecule has 2 aromatic rings. The van der Waals surface area contributed by atoms with Gasteiger partial charge in [-0.25, -0.2) is 4.79 Å². The van der Waals surface area contributed by atoms with E-state index in [1.165, 1.54) is 30.3 Å². The standard InChI is InChI=1S/C20H12O5.2CH3.2ClH.HNO2.Pt/c21-11-5-7-15-17(9-11)25-18-10-12(22)6-8-16(18)19(15)13-3-1-2-4-14(13)20(23)24;;;;;2-1-3;/h1-10,21H,(H,23,24);2*1H3;2*1H;(H,2,3);/q;2*-1;;;;+4/p-3. The zero-order chi connectivity index (χ0) is 23.0. The van der Waals surface area contributed by atoms with E-state index in [9.17, 15) is 19.8 Å². The van der Waals surface area contributed by atoms with Crippen molar-refractivity contribution < 1.29 is 35.9 Å². The number of phenols is 1. The van der Waals surface area contributed by atoms with Crippen molar-refractivity contribution in [3.8, 4) is 28.2 Å². The Hall–Kier alpha value is -2.93. The van der Waals surface area contributed by atoms with Crippen LogP contribution in [0, 0.1) is 25.0 Å². The molecule has 0 bridgehead atoms. The van der Waals surface area contributed by atoms with Gasteiger partial charge in [-0.15, -0.1) is 5.34 Å². The summed E-state index contributed by atoms with van der Waals surface area (Å²) in [7, 11) is 9.75. The van der Waals surface area contributed by atoms with Gasteiger partial charge in [0.25, 0.3) is 0 Å². The molecule has 4 rings (SSSR count). The van der Waals surface area contributed by atoms with E-state index in [-0.39, 0.29) is 31.6 Å². The van der Waals surface area contributed by atoms with Crippen molar-refractivity contribution in [3.63, 3.8) is 0 Å². The fourth-order valence-electron chi connectivity index (χ4n) is 3.04. The summed E-state index contributed by atoms with van der Waals surface area (Å²) < 4.78 is 5.76. The van der Waals surface area contributed by atoms with Crippen LogP contribution in [-0.4, -0.2) is 16.2 Å². The summed E-state index contributed by atoms with van der Waals surface area (Å²) in [5.41, 5.74) is 2.10. The van der Waals surface area contributed by atoms with Gasteiger partial charge in [0.15, 0.2) is 5.43 Å². The number of aromatic carboxylic acids is 1. The van der Waals surface area contributed by atoms with Gasteiger partial charge in [-0.3, -0.25) is 4.79 Å². The molecule has 2 aliphatic rings. The van der Waals surface area contributed by atoms with Crippen molar-refractivity contribution in [3.05, 3.63) is 101 Å². The molecule has 1 aliphatic heterocycles. The van der Waals surface area contributed by atoms with Gasteiger partial charge in [-0.1, -0.05) is 18.2 Å². The fourth-order valence-corrected chi connectivity index (χ4v) is 3.04. The van der Waals surface area contributed by atoms with Crippen molar-refractivity contribution in [1.82, 2.24) is 0 Å². The van der Waals surface area contributed by atoms with Crippen LogP contribution in [-0.2, 0) is 16.5 Å². The van der Waals surface area contributed by atoms with Crippen LogP contribution in [0.15, 0.2) is 75.2 Å². The van der Waals surface area contributed by atoms with Gasteiger partial charge in [0.1, 0.15) is 17.1 Å². The van der Waals surface area contributed by atoms with Crippen LogP contribution in [0.2, 0.25) is 0 Å². The number of carboxylic acids is 1. The first-order valence-electron chi connectivity index (χ1n) is 8.17. The number of carboxylic acid groups (broad SMARTS) is 1. The number of carbonyl (C=O) groups is 1. The van der Waals surface area contributed by atoms with Gasteiger partial charge in [0.2, 0.25) is 0 Å². The molecule has 0 amide bonds. The van der Waals surface area contributed by atoms with Crippen LogP contribution < -0.4 is 5.43 Å². The predicted molar refractivity (Wildman–Crippen MR) is 127 cm³/mol. The quantitative estimate of drug-likeness (QED) is 0.107. The normalized spacial score (nSPS) is 9.39. The fraction of sp³-hybridized carbons (Fsp3) is 0. The van der Waals surface area contributed by atoms with Gasteiger partial charge < -0.3 is 39.6 Å². The molecule has 1 heterocycles. The number of phenolic OH excluding ortho intramolecular Hbond substituents is 1. The van der Waals surface area contributed by atoms with E-state index in [1.54, 1.807) is 30.3 Å². The SMILES string of the molecule is O=C(O)c1ccccc1-c1c2ccc(=O)cc-2oc2cc(O)ccc12.O=N[O-].[CH3-].[CH3-].[Cl][Pt+2][Cl]. The van der Waals surface area contributed by atoms with E-state index >= 15 is 0 Å². The Balaban J connectivity index is 0.00000116. The number of halogens is 2. The molecule has 178 valence electrons. The number of aromatic hydroxyl groups is 1. The van der Waals surface area contributed by atoms with Crippen LogP contribution >= 0.6 is 18.8 Å². The second-order valence-corrected chi connectivity index (χ2v) is 9.07. The summed E-state index contributed by atoms with van der Waals surface area (Å²) in [5.74, 6) is -0.691. The number of fused-ring (bicyclic) bond motifs is 2. The number of benzene rings is 3. The summed E-state index contributed by atoms with van der Waals surface area (Å²) in [6.45, 7) is 0. The molecule has 0 aromatic heterocycles. The first kappa shape index (κ1) is 30.1. The molecular weight excluding hydrogens is 656 g/mol. The molecule has 0 saturated carbocycles. The average molecular weight is 674 g/mol. The Morgan fingerprint density at radius 1 is 1.00 bits per heavy atom. The van der Waals surface area contributed by atoms with Gasteiger partial charge in [0.05, 0.1) is 5.56 Å². The van der Waals surface area contributed by atoms with Crippen LogP contribution in [0.5, 0.6) is 5.75 Å². The van der Waals surface area contributed by atoms with Crippen molar-refractivity contribution in [2.24, 2.45) is 5.34 Å². The first-order valence-corrected chi connectivity index (χ1v) is 13.8. The molecule has 11 heteroatoms. The molecule has 2 N–H and O–H groups in total. The number of hydrogen-bond acceptors (Lipinski definition) is 7. The summed E-state index contributed by atoms with van der Waals surface area (Å²) in [4.78, 5) is 31.4. The topological polar surface area (TPSA) is 140 Å². The zero-order valence-corrected chi connectivity index (χ0v) is 21.0. The summed E-state index contributed by atoms with van der Waals surface area (Å²) >= 11 is -0.472. The van der Waals surface area contributed by atoms with E-state index in [4.69, 9.17) is 33.4 Å². The molecule has 0 atom stereocenters. The van der Waals surface area contributed by atoms with Crippen LogP contribution in [0.3, 0.4) is 0 Å². The number of hydrogen-bond donors (Lipinski definition) is 2. The third kappa shape index (κ3) is 7.29. The van der Waals surface area contributed by atoms with Crippen molar-refractivity contribution in [2.45, 2.75) is 0 Å². The molecule has 2 aromatic carbocycles. The summed E-state index contributed by atoms with van der Waals surface area (Å²) in [6, 6.07) is 15.7. The number of nitrogens with zero attached hydrogens (tertiary/aromatic N) is 1. The average Bonchev–Trinajstić information content (AvgIpc) is 2.73. The van der Waals surface area contributed by atoms with E-state index in [2.05, 4.69) is 0 Å². The van der Waals surface area contributed by atoms with Crippen LogP contribution in [0.4, 0.5) is 0 Å². The number of rotatable bonds is 2. The van der Waals surface area contributed by atoms with E-state index in [0.29, 0.717) is 33.4 Å². The van der Waals surface area contributed by atoms with Gasteiger partial charge in [-0.2, -0.15) is 0 Å². The third-order valence-electron chi connectivity index (χ3n) is 4.10. The maximum absolute atomic E-state index is 11.7. The maximum atomic E-state index is 11.7.